The Labute approximate surface area is 118 Å². The smallest absolute Gasteiger partial charge is 0.00187 e. The van der Waals surface area contributed by atoms with Crippen LogP contribution in [0.3, 0.4) is 0 Å². The van der Waals surface area contributed by atoms with E-state index < -0.39 is 0 Å². The van der Waals surface area contributed by atoms with E-state index in [-0.39, 0.29) is 0 Å². The van der Waals surface area contributed by atoms with Gasteiger partial charge >= 0.3 is 0 Å². The van der Waals surface area contributed by atoms with E-state index in [1.807, 2.05) is 0 Å². The molecule has 0 spiro atoms. The van der Waals surface area contributed by atoms with Crippen molar-refractivity contribution in [2.24, 2.45) is 5.92 Å². The van der Waals surface area contributed by atoms with E-state index in [2.05, 4.69) is 54.5 Å². The second kappa shape index (κ2) is 7.66. The van der Waals surface area contributed by atoms with Crippen LogP contribution in [0.1, 0.15) is 37.7 Å². The van der Waals surface area contributed by atoms with Crippen molar-refractivity contribution >= 4 is 0 Å². The van der Waals surface area contributed by atoms with Gasteiger partial charge in [0.25, 0.3) is 0 Å². The molecule has 0 aliphatic carbocycles. The van der Waals surface area contributed by atoms with Crippen molar-refractivity contribution < 1.29 is 0 Å². The molecule has 0 amide bonds. The van der Waals surface area contributed by atoms with Gasteiger partial charge in [0.1, 0.15) is 0 Å². The fraction of sp³-hybridized carbons (Fsp3) is 0.647. The number of nitrogens with zero attached hydrogens (tertiary/aromatic N) is 1. The van der Waals surface area contributed by atoms with Gasteiger partial charge in [-0.25, -0.2) is 0 Å². The molecule has 0 bridgehead atoms. The van der Waals surface area contributed by atoms with Crippen molar-refractivity contribution in [3.05, 3.63) is 35.9 Å². The molecule has 1 fully saturated rings. The number of rotatable bonds is 6. The monoisotopic (exact) mass is 260 g/mol. The Balaban J connectivity index is 1.61. The first-order valence-electron chi connectivity index (χ1n) is 7.70. The summed E-state index contributed by atoms with van der Waals surface area (Å²) in [6.45, 7) is 7.19. The number of piperidine rings is 1. The van der Waals surface area contributed by atoms with Crippen LogP contribution in [0.4, 0.5) is 0 Å². The van der Waals surface area contributed by atoms with Gasteiger partial charge in [0, 0.05) is 6.54 Å². The first-order chi connectivity index (χ1) is 9.25. The van der Waals surface area contributed by atoms with E-state index in [0.29, 0.717) is 5.92 Å². The standard InChI is InChI=1S/C17H28N2/c1-15(17-8-4-3-5-9-17)10-11-18-13-16-7-6-12-19(2)14-16/h3-5,8-9,15-16,18H,6-7,10-14H2,1-2H3. The highest BCUT2D eigenvalue weighted by atomic mass is 15.1. The molecule has 1 N–H and O–H groups in total. The summed E-state index contributed by atoms with van der Waals surface area (Å²) in [6, 6.07) is 10.8. The molecule has 0 saturated carbocycles. The first-order valence-corrected chi connectivity index (χ1v) is 7.70. The second-order valence-electron chi connectivity index (χ2n) is 6.08. The highest BCUT2D eigenvalue weighted by molar-refractivity contribution is 5.18. The summed E-state index contributed by atoms with van der Waals surface area (Å²) in [7, 11) is 2.24. The predicted octanol–water partition coefficient (Wildman–Crippen LogP) is 3.11. The van der Waals surface area contributed by atoms with Gasteiger partial charge in [-0.1, -0.05) is 37.3 Å². The van der Waals surface area contributed by atoms with Gasteiger partial charge in [0.05, 0.1) is 0 Å². The predicted molar refractivity (Wildman–Crippen MR) is 82.6 cm³/mol. The zero-order valence-corrected chi connectivity index (χ0v) is 12.4. The van der Waals surface area contributed by atoms with Crippen molar-refractivity contribution in [2.75, 3.05) is 33.2 Å². The lowest BCUT2D eigenvalue weighted by Crippen LogP contribution is -2.37. The molecule has 1 aliphatic heterocycles. The van der Waals surface area contributed by atoms with Gasteiger partial charge < -0.3 is 10.2 Å². The third-order valence-electron chi connectivity index (χ3n) is 4.28. The average molecular weight is 260 g/mol. The molecule has 1 aromatic carbocycles. The van der Waals surface area contributed by atoms with Crippen molar-refractivity contribution in [3.63, 3.8) is 0 Å². The minimum absolute atomic E-state index is 0.655. The van der Waals surface area contributed by atoms with Crippen LogP contribution >= 0.6 is 0 Å². The highest BCUT2D eigenvalue weighted by Gasteiger charge is 2.16. The van der Waals surface area contributed by atoms with Crippen LogP contribution < -0.4 is 5.32 Å². The van der Waals surface area contributed by atoms with E-state index >= 15 is 0 Å². The van der Waals surface area contributed by atoms with E-state index in [1.165, 1.54) is 44.5 Å². The number of nitrogens with one attached hydrogen (secondary N) is 1. The summed E-state index contributed by atoms with van der Waals surface area (Å²) in [4.78, 5) is 2.46. The second-order valence-corrected chi connectivity index (χ2v) is 6.08. The van der Waals surface area contributed by atoms with Gasteiger partial charge in [-0.3, -0.25) is 0 Å². The van der Waals surface area contributed by atoms with Crippen LogP contribution in [0.2, 0.25) is 0 Å². The summed E-state index contributed by atoms with van der Waals surface area (Å²) in [6.07, 6.45) is 3.99. The zero-order valence-electron chi connectivity index (χ0n) is 12.4. The molecule has 2 unspecified atom stereocenters. The molecule has 0 radical (unpaired) electrons. The minimum atomic E-state index is 0.655. The molecular weight excluding hydrogens is 232 g/mol. The number of benzene rings is 1. The van der Waals surface area contributed by atoms with Crippen LogP contribution in [-0.2, 0) is 0 Å². The van der Waals surface area contributed by atoms with E-state index in [0.717, 1.165) is 12.5 Å². The van der Waals surface area contributed by atoms with Crippen LogP contribution in [0.15, 0.2) is 30.3 Å². The van der Waals surface area contributed by atoms with Gasteiger partial charge in [-0.15, -0.1) is 0 Å². The maximum atomic E-state index is 3.65. The summed E-state index contributed by atoms with van der Waals surface area (Å²) >= 11 is 0. The van der Waals surface area contributed by atoms with Gasteiger partial charge in [0.15, 0.2) is 0 Å². The molecule has 1 saturated heterocycles. The molecule has 2 heteroatoms. The molecule has 2 atom stereocenters. The Morgan fingerprint density at radius 3 is 2.84 bits per heavy atom. The van der Waals surface area contributed by atoms with Gasteiger partial charge in [-0.2, -0.15) is 0 Å². The van der Waals surface area contributed by atoms with Gasteiger partial charge in [-0.05, 0) is 63.3 Å². The summed E-state index contributed by atoms with van der Waals surface area (Å²) in [5.41, 5.74) is 1.46. The van der Waals surface area contributed by atoms with Crippen molar-refractivity contribution in [3.8, 4) is 0 Å². The molecule has 106 valence electrons. The van der Waals surface area contributed by atoms with Crippen LogP contribution in [0, 0.1) is 5.92 Å². The topological polar surface area (TPSA) is 15.3 Å². The SMILES string of the molecule is CC(CCNCC1CCCN(C)C1)c1ccccc1. The van der Waals surface area contributed by atoms with Crippen molar-refractivity contribution in [1.29, 1.82) is 0 Å². The molecule has 19 heavy (non-hydrogen) atoms. The Morgan fingerprint density at radius 1 is 1.32 bits per heavy atom. The quantitative estimate of drug-likeness (QED) is 0.791. The lowest BCUT2D eigenvalue weighted by Gasteiger charge is -2.29. The van der Waals surface area contributed by atoms with E-state index in [9.17, 15) is 0 Å². The van der Waals surface area contributed by atoms with Crippen LogP contribution in [-0.4, -0.2) is 38.1 Å². The van der Waals surface area contributed by atoms with Crippen molar-refractivity contribution in [1.82, 2.24) is 10.2 Å². The number of likely N-dealkylation sites (tertiary alicyclic amines) is 1. The minimum Gasteiger partial charge on any atom is -0.316 e. The van der Waals surface area contributed by atoms with Crippen LogP contribution in [0.5, 0.6) is 0 Å². The first kappa shape index (κ1) is 14.5. The van der Waals surface area contributed by atoms with E-state index in [1.54, 1.807) is 0 Å². The Hall–Kier alpha value is -0.860. The molecule has 2 rings (SSSR count). The fourth-order valence-electron chi connectivity index (χ4n) is 3.01. The zero-order chi connectivity index (χ0) is 13.5. The molecule has 1 heterocycles. The Morgan fingerprint density at radius 2 is 2.11 bits per heavy atom. The maximum absolute atomic E-state index is 3.65. The number of hydrogen-bond donors (Lipinski definition) is 1. The average Bonchev–Trinajstić information content (AvgIpc) is 2.44. The summed E-state index contributed by atoms with van der Waals surface area (Å²) < 4.78 is 0. The molecule has 0 aromatic heterocycles. The molecule has 1 aromatic rings. The third-order valence-corrected chi connectivity index (χ3v) is 4.28. The summed E-state index contributed by atoms with van der Waals surface area (Å²) in [5, 5.41) is 3.65. The fourth-order valence-corrected chi connectivity index (χ4v) is 3.01. The Kier molecular flexibility index (Phi) is 5.87. The van der Waals surface area contributed by atoms with Gasteiger partial charge in [0.2, 0.25) is 0 Å². The largest absolute Gasteiger partial charge is 0.316 e. The maximum Gasteiger partial charge on any atom is 0.00187 e. The normalized spacial score (nSPS) is 22.3. The van der Waals surface area contributed by atoms with Crippen molar-refractivity contribution in [2.45, 2.75) is 32.1 Å². The Bertz CT molecular complexity index is 350. The lowest BCUT2D eigenvalue weighted by atomic mass is 9.97. The molecular formula is C17H28N2. The number of hydrogen-bond acceptors (Lipinski definition) is 2. The third kappa shape index (κ3) is 4.96. The van der Waals surface area contributed by atoms with E-state index in [4.69, 9.17) is 0 Å². The lowest BCUT2D eigenvalue weighted by molar-refractivity contribution is 0.206. The summed E-state index contributed by atoms with van der Waals surface area (Å²) in [5.74, 6) is 1.51. The molecule has 1 aliphatic rings. The molecule has 2 nitrogen and oxygen atoms in total. The van der Waals surface area contributed by atoms with Crippen LogP contribution in [0.25, 0.3) is 0 Å². The highest BCUT2D eigenvalue weighted by Crippen LogP contribution is 2.18.